The van der Waals surface area contributed by atoms with Crippen molar-refractivity contribution in [2.75, 3.05) is 0 Å². The van der Waals surface area contributed by atoms with Crippen molar-refractivity contribution in [3.63, 3.8) is 0 Å². The minimum Gasteiger partial charge on any atom is -0.407 e. The molecule has 0 bridgehead atoms. The molecule has 0 spiro atoms. The maximum absolute atomic E-state index is 13.2. The zero-order valence-corrected chi connectivity index (χ0v) is 14.4. The summed E-state index contributed by atoms with van der Waals surface area (Å²) in [6, 6.07) is 17.2. The Morgan fingerprint density at radius 1 is 1.04 bits per heavy atom. The number of benzene rings is 2. The summed E-state index contributed by atoms with van der Waals surface area (Å²) in [5, 5.41) is 4.53. The Morgan fingerprint density at radius 3 is 2.28 bits per heavy atom. The molecule has 4 nitrogen and oxygen atoms in total. The highest BCUT2D eigenvalue weighted by molar-refractivity contribution is 5.78. The van der Waals surface area contributed by atoms with Crippen LogP contribution >= 0.6 is 0 Å². The molecule has 0 N–H and O–H groups in total. The van der Waals surface area contributed by atoms with Crippen LogP contribution in [0.25, 0.3) is 16.9 Å². The van der Waals surface area contributed by atoms with Crippen LogP contribution in [0.4, 0.5) is 4.39 Å². The minimum atomic E-state index is -0.648. The monoisotopic (exact) mass is 338 g/mol. The first-order chi connectivity index (χ1) is 11.8. The van der Waals surface area contributed by atoms with Gasteiger partial charge in [0.2, 0.25) is 5.88 Å². The Morgan fingerprint density at radius 2 is 1.68 bits per heavy atom. The van der Waals surface area contributed by atoms with Crippen LogP contribution in [-0.4, -0.2) is 15.7 Å². The average molecular weight is 338 g/mol. The number of halogens is 1. The molecule has 0 aliphatic carbocycles. The van der Waals surface area contributed by atoms with E-state index in [0.29, 0.717) is 17.3 Å². The Balaban J connectivity index is 2.06. The highest BCUT2D eigenvalue weighted by atomic mass is 19.1. The number of carbonyl (C=O) groups excluding carboxylic acids is 1. The van der Waals surface area contributed by atoms with Gasteiger partial charge >= 0.3 is 5.97 Å². The van der Waals surface area contributed by atoms with Gasteiger partial charge in [-0.2, -0.15) is 5.10 Å². The second-order valence-corrected chi connectivity index (χ2v) is 6.76. The van der Waals surface area contributed by atoms with E-state index in [4.69, 9.17) is 4.74 Å². The SMILES string of the molecule is CC(C)(C)C(=O)Oc1cc(-c2ccccc2)nn1-c1ccc(F)cc1. The molecule has 0 amide bonds. The summed E-state index contributed by atoms with van der Waals surface area (Å²) in [5.41, 5.74) is 1.53. The Hall–Kier alpha value is -2.95. The topological polar surface area (TPSA) is 44.1 Å². The molecule has 1 aromatic heterocycles. The molecule has 0 unspecified atom stereocenters. The van der Waals surface area contributed by atoms with Crippen LogP contribution in [-0.2, 0) is 4.79 Å². The third-order valence-electron chi connectivity index (χ3n) is 3.63. The van der Waals surface area contributed by atoms with E-state index in [2.05, 4.69) is 5.10 Å². The molecule has 0 aliphatic rings. The van der Waals surface area contributed by atoms with Gasteiger partial charge in [-0.25, -0.2) is 9.07 Å². The van der Waals surface area contributed by atoms with Gasteiger partial charge in [0.1, 0.15) is 5.82 Å². The standard InChI is InChI=1S/C20H19FN2O2/c1-20(2,3)19(24)25-18-13-17(14-7-5-4-6-8-14)22-23(18)16-11-9-15(21)10-12-16/h4-13H,1-3H3. The van der Waals surface area contributed by atoms with E-state index in [0.717, 1.165) is 5.56 Å². The number of hydrogen-bond acceptors (Lipinski definition) is 3. The number of aromatic nitrogens is 2. The van der Waals surface area contributed by atoms with E-state index in [9.17, 15) is 9.18 Å². The highest BCUT2D eigenvalue weighted by Crippen LogP contribution is 2.28. The smallest absolute Gasteiger partial charge is 0.317 e. The minimum absolute atomic E-state index is 0.297. The third kappa shape index (κ3) is 3.76. The van der Waals surface area contributed by atoms with Gasteiger partial charge in [0, 0.05) is 11.6 Å². The highest BCUT2D eigenvalue weighted by Gasteiger charge is 2.26. The lowest BCUT2D eigenvalue weighted by Gasteiger charge is -2.16. The van der Waals surface area contributed by atoms with Crippen molar-refractivity contribution in [1.29, 1.82) is 0 Å². The summed E-state index contributed by atoms with van der Waals surface area (Å²) in [7, 11) is 0. The Kier molecular flexibility index (Phi) is 4.40. The van der Waals surface area contributed by atoms with E-state index in [1.54, 1.807) is 39.0 Å². The van der Waals surface area contributed by atoms with Gasteiger partial charge in [-0.1, -0.05) is 30.3 Å². The summed E-state index contributed by atoms with van der Waals surface area (Å²) in [4.78, 5) is 12.3. The van der Waals surface area contributed by atoms with Gasteiger partial charge in [0.15, 0.2) is 0 Å². The van der Waals surface area contributed by atoms with Crippen molar-refractivity contribution >= 4 is 5.97 Å². The first kappa shape index (κ1) is 16.9. The molecule has 25 heavy (non-hydrogen) atoms. The van der Waals surface area contributed by atoms with Crippen LogP contribution in [0, 0.1) is 11.2 Å². The van der Waals surface area contributed by atoms with Crippen molar-refractivity contribution in [1.82, 2.24) is 9.78 Å². The molecule has 5 heteroatoms. The first-order valence-corrected chi connectivity index (χ1v) is 7.98. The molecule has 1 heterocycles. The van der Waals surface area contributed by atoms with Gasteiger partial charge in [0.05, 0.1) is 16.8 Å². The lowest BCUT2D eigenvalue weighted by atomic mass is 9.97. The molecule has 0 atom stereocenters. The van der Waals surface area contributed by atoms with Gasteiger partial charge in [0.25, 0.3) is 0 Å². The summed E-state index contributed by atoms with van der Waals surface area (Å²) >= 11 is 0. The average Bonchev–Trinajstić information content (AvgIpc) is 2.99. The van der Waals surface area contributed by atoms with Crippen LogP contribution in [0.2, 0.25) is 0 Å². The second-order valence-electron chi connectivity index (χ2n) is 6.76. The molecular weight excluding hydrogens is 319 g/mol. The molecule has 128 valence electrons. The van der Waals surface area contributed by atoms with Crippen LogP contribution in [0.15, 0.2) is 60.7 Å². The summed E-state index contributed by atoms with van der Waals surface area (Å²) in [6.07, 6.45) is 0. The summed E-state index contributed by atoms with van der Waals surface area (Å²) in [6.45, 7) is 5.35. The molecule has 0 saturated heterocycles. The van der Waals surface area contributed by atoms with Gasteiger partial charge in [-0.15, -0.1) is 0 Å². The Labute approximate surface area is 145 Å². The third-order valence-corrected chi connectivity index (χ3v) is 3.63. The number of hydrogen-bond donors (Lipinski definition) is 0. The molecule has 0 aliphatic heterocycles. The molecule has 3 aromatic rings. The number of carbonyl (C=O) groups is 1. The maximum Gasteiger partial charge on any atom is 0.317 e. The lowest BCUT2D eigenvalue weighted by Crippen LogP contribution is -2.26. The number of nitrogens with zero attached hydrogens (tertiary/aromatic N) is 2. The molecule has 3 rings (SSSR count). The quantitative estimate of drug-likeness (QED) is 0.654. The van der Waals surface area contributed by atoms with Crippen molar-refractivity contribution in [2.24, 2.45) is 5.41 Å². The van der Waals surface area contributed by atoms with E-state index in [-0.39, 0.29) is 11.8 Å². The second kappa shape index (κ2) is 6.51. The first-order valence-electron chi connectivity index (χ1n) is 7.98. The maximum atomic E-state index is 13.2. The van der Waals surface area contributed by atoms with Crippen molar-refractivity contribution < 1.29 is 13.9 Å². The van der Waals surface area contributed by atoms with E-state index >= 15 is 0 Å². The molecule has 0 fully saturated rings. The normalized spacial score (nSPS) is 11.4. The van der Waals surface area contributed by atoms with Crippen LogP contribution in [0.5, 0.6) is 5.88 Å². The van der Waals surface area contributed by atoms with Crippen molar-refractivity contribution in [3.05, 3.63) is 66.5 Å². The predicted octanol–water partition coefficient (Wildman–Crippen LogP) is 4.63. The number of rotatable bonds is 3. The Bertz CT molecular complexity index is 878. The molecule has 2 aromatic carbocycles. The zero-order chi connectivity index (χ0) is 18.0. The fraction of sp³-hybridized carbons (Fsp3) is 0.200. The van der Waals surface area contributed by atoms with Crippen molar-refractivity contribution in [3.8, 4) is 22.8 Å². The summed E-state index contributed by atoms with van der Waals surface area (Å²) in [5.74, 6) is -0.409. The predicted molar refractivity (Wildman–Crippen MR) is 94.0 cm³/mol. The zero-order valence-electron chi connectivity index (χ0n) is 14.4. The van der Waals surface area contributed by atoms with Crippen molar-refractivity contribution in [2.45, 2.75) is 20.8 Å². The van der Waals surface area contributed by atoms with E-state index in [1.807, 2.05) is 30.3 Å². The van der Waals surface area contributed by atoms with Crippen LogP contribution in [0.1, 0.15) is 20.8 Å². The van der Waals surface area contributed by atoms with E-state index in [1.165, 1.54) is 16.8 Å². The molecule has 0 radical (unpaired) electrons. The largest absolute Gasteiger partial charge is 0.407 e. The lowest BCUT2D eigenvalue weighted by molar-refractivity contribution is -0.143. The van der Waals surface area contributed by atoms with Crippen LogP contribution < -0.4 is 4.74 Å². The molecule has 0 saturated carbocycles. The summed E-state index contributed by atoms with van der Waals surface area (Å²) < 4.78 is 20.3. The van der Waals surface area contributed by atoms with E-state index < -0.39 is 5.41 Å². The number of esters is 1. The fourth-order valence-corrected chi connectivity index (χ4v) is 2.20. The van der Waals surface area contributed by atoms with Gasteiger partial charge in [-0.3, -0.25) is 4.79 Å². The molecular formula is C20H19FN2O2. The number of ether oxygens (including phenoxy) is 1. The fourth-order valence-electron chi connectivity index (χ4n) is 2.20. The van der Waals surface area contributed by atoms with Gasteiger partial charge in [-0.05, 0) is 45.0 Å². The van der Waals surface area contributed by atoms with Crippen LogP contribution in [0.3, 0.4) is 0 Å². The van der Waals surface area contributed by atoms with Gasteiger partial charge < -0.3 is 4.74 Å².